The zero-order valence-electron chi connectivity index (χ0n) is 18.6. The molecule has 2 fully saturated rings. The van der Waals surface area contributed by atoms with Gasteiger partial charge in [0.15, 0.2) is 16.6 Å². The van der Waals surface area contributed by atoms with Gasteiger partial charge in [-0.2, -0.15) is 0 Å². The number of ether oxygens (including phenoxy) is 1. The van der Waals surface area contributed by atoms with E-state index in [4.69, 9.17) is 4.74 Å². The predicted molar refractivity (Wildman–Crippen MR) is 131 cm³/mol. The highest BCUT2D eigenvalue weighted by Crippen LogP contribution is 2.45. The molecular weight excluding hydrogens is 428 g/mol. The number of carbonyl (C=O) groups excluding carboxylic acids is 2. The Morgan fingerprint density at radius 1 is 0.727 bits per heavy atom. The van der Waals surface area contributed by atoms with Crippen LogP contribution in [-0.4, -0.2) is 17.0 Å². The topological polar surface area (TPSA) is 43.4 Å². The minimum Gasteiger partial charge on any atom is -0.448 e. The van der Waals surface area contributed by atoms with Crippen molar-refractivity contribution in [2.24, 2.45) is 0 Å². The summed E-state index contributed by atoms with van der Waals surface area (Å²) in [6.07, 6.45) is 6.25. The second-order valence-electron chi connectivity index (χ2n) is 8.99. The van der Waals surface area contributed by atoms with Crippen LogP contribution in [0.4, 0.5) is 0 Å². The lowest BCUT2D eigenvalue weighted by Gasteiger charge is -2.39. The van der Waals surface area contributed by atoms with Gasteiger partial charge in [0, 0.05) is 16.0 Å². The minimum atomic E-state index is -1.09. The van der Waals surface area contributed by atoms with Gasteiger partial charge in [-0.3, -0.25) is 9.59 Å². The molecule has 1 atom stereocenters. The molecule has 0 N–H and O–H groups in total. The van der Waals surface area contributed by atoms with Crippen molar-refractivity contribution in [1.82, 2.24) is 0 Å². The van der Waals surface area contributed by atoms with Gasteiger partial charge in [-0.25, -0.2) is 0 Å². The Morgan fingerprint density at radius 2 is 1.30 bits per heavy atom. The normalized spacial score (nSPS) is 20.9. The van der Waals surface area contributed by atoms with Gasteiger partial charge in [0.2, 0.25) is 0 Å². The maximum atomic E-state index is 13.5. The first-order valence-corrected chi connectivity index (χ1v) is 12.7. The molecule has 1 aliphatic carbocycles. The standard InChI is InChI=1S/C29H28O3S/c30-25-20-29(22-14-6-2-7-15-22,23-16-8-3-9-17-23)32-28(31)27(25)33-26-19-11-10-18-24(26)21-12-4-1-5-13-21/h2-3,6-11,14-19,21,27H,1,4-5,12-13,20H2. The van der Waals surface area contributed by atoms with Crippen molar-refractivity contribution in [2.75, 3.05) is 0 Å². The van der Waals surface area contributed by atoms with Crippen molar-refractivity contribution in [3.63, 3.8) is 0 Å². The van der Waals surface area contributed by atoms with Crippen molar-refractivity contribution in [1.29, 1.82) is 0 Å². The molecule has 0 amide bonds. The second kappa shape index (κ2) is 9.56. The number of rotatable bonds is 5. The van der Waals surface area contributed by atoms with Gasteiger partial charge in [0.25, 0.3) is 0 Å². The van der Waals surface area contributed by atoms with Crippen molar-refractivity contribution in [2.45, 2.75) is 60.2 Å². The van der Waals surface area contributed by atoms with Crippen LogP contribution >= 0.6 is 11.8 Å². The zero-order valence-corrected chi connectivity index (χ0v) is 19.4. The van der Waals surface area contributed by atoms with E-state index in [-0.39, 0.29) is 12.2 Å². The summed E-state index contributed by atoms with van der Waals surface area (Å²) in [5, 5.41) is -0.838. The molecule has 0 bridgehead atoms. The van der Waals surface area contributed by atoms with Gasteiger partial charge in [-0.15, -0.1) is 11.8 Å². The Labute approximate surface area is 199 Å². The summed E-state index contributed by atoms with van der Waals surface area (Å²) in [6, 6.07) is 27.5. The van der Waals surface area contributed by atoms with E-state index in [0.29, 0.717) is 5.92 Å². The van der Waals surface area contributed by atoms with Crippen LogP contribution in [0.1, 0.15) is 61.1 Å². The summed E-state index contributed by atoms with van der Waals surface area (Å²) in [7, 11) is 0. The molecule has 1 saturated heterocycles. The number of cyclic esters (lactones) is 1. The van der Waals surface area contributed by atoms with Crippen LogP contribution in [-0.2, 0) is 19.9 Å². The molecule has 1 heterocycles. The van der Waals surface area contributed by atoms with Crippen LogP contribution < -0.4 is 0 Å². The molecule has 3 aromatic rings. The Bertz CT molecular complexity index is 1060. The van der Waals surface area contributed by atoms with Crippen molar-refractivity contribution in [3.05, 3.63) is 102 Å². The zero-order chi connectivity index (χ0) is 22.7. The fourth-order valence-electron chi connectivity index (χ4n) is 5.21. The van der Waals surface area contributed by atoms with Crippen LogP contribution in [0.15, 0.2) is 89.8 Å². The number of Topliss-reactive ketones (excluding diaryl/α,β-unsaturated/α-hetero) is 1. The Morgan fingerprint density at radius 3 is 1.91 bits per heavy atom. The monoisotopic (exact) mass is 456 g/mol. The predicted octanol–water partition coefficient (Wildman–Crippen LogP) is 6.65. The molecule has 2 aliphatic rings. The van der Waals surface area contributed by atoms with Gasteiger partial charge in [-0.1, -0.05) is 98.1 Å². The third-order valence-electron chi connectivity index (χ3n) is 6.89. The summed E-state index contributed by atoms with van der Waals surface area (Å²) in [4.78, 5) is 28.0. The average molecular weight is 457 g/mol. The molecule has 3 aromatic carbocycles. The summed E-state index contributed by atoms with van der Waals surface area (Å²) < 4.78 is 6.21. The van der Waals surface area contributed by atoms with E-state index in [2.05, 4.69) is 12.1 Å². The van der Waals surface area contributed by atoms with Crippen LogP contribution in [0.25, 0.3) is 0 Å². The maximum Gasteiger partial charge on any atom is 0.328 e. The van der Waals surface area contributed by atoms with Gasteiger partial charge >= 0.3 is 5.97 Å². The van der Waals surface area contributed by atoms with Crippen LogP contribution in [0.3, 0.4) is 0 Å². The van der Waals surface area contributed by atoms with Crippen molar-refractivity contribution < 1.29 is 14.3 Å². The van der Waals surface area contributed by atoms with E-state index in [1.165, 1.54) is 49.4 Å². The SMILES string of the molecule is O=C1CC(c2ccccc2)(c2ccccc2)OC(=O)C1Sc1ccccc1C1CCCCC1. The molecule has 33 heavy (non-hydrogen) atoms. The van der Waals surface area contributed by atoms with E-state index in [9.17, 15) is 9.59 Å². The van der Waals surface area contributed by atoms with E-state index in [1.54, 1.807) is 0 Å². The quantitative estimate of drug-likeness (QED) is 0.318. The number of thioether (sulfide) groups is 1. The van der Waals surface area contributed by atoms with Gasteiger partial charge in [-0.05, 0) is 30.4 Å². The molecule has 0 radical (unpaired) electrons. The first kappa shape index (κ1) is 22.0. The number of carbonyl (C=O) groups is 2. The lowest BCUT2D eigenvalue weighted by molar-refractivity contribution is -0.165. The first-order chi connectivity index (χ1) is 16.2. The largest absolute Gasteiger partial charge is 0.448 e. The van der Waals surface area contributed by atoms with E-state index in [0.717, 1.165) is 16.0 Å². The van der Waals surface area contributed by atoms with Crippen LogP contribution in [0, 0.1) is 0 Å². The molecule has 0 spiro atoms. The smallest absolute Gasteiger partial charge is 0.328 e. The van der Waals surface area contributed by atoms with E-state index < -0.39 is 16.8 Å². The highest BCUT2D eigenvalue weighted by Gasteiger charge is 2.49. The van der Waals surface area contributed by atoms with E-state index >= 15 is 0 Å². The first-order valence-electron chi connectivity index (χ1n) is 11.8. The Kier molecular flexibility index (Phi) is 6.37. The Balaban J connectivity index is 1.45. The molecule has 5 rings (SSSR count). The summed E-state index contributed by atoms with van der Waals surface area (Å²) in [5.74, 6) is -0.0327. The molecule has 1 unspecified atom stereocenters. The second-order valence-corrected chi connectivity index (χ2v) is 10.1. The molecule has 4 heteroatoms. The summed E-state index contributed by atoms with van der Waals surface area (Å²) in [6.45, 7) is 0. The fourth-order valence-corrected chi connectivity index (χ4v) is 6.35. The van der Waals surface area contributed by atoms with Gasteiger partial charge in [0.05, 0.1) is 6.42 Å². The Hall–Kier alpha value is -2.85. The number of ketones is 1. The molecule has 1 saturated carbocycles. The number of hydrogen-bond donors (Lipinski definition) is 0. The van der Waals surface area contributed by atoms with Gasteiger partial charge < -0.3 is 4.74 Å². The van der Waals surface area contributed by atoms with Crippen LogP contribution in [0.2, 0.25) is 0 Å². The van der Waals surface area contributed by atoms with Crippen molar-refractivity contribution in [3.8, 4) is 0 Å². The highest BCUT2D eigenvalue weighted by molar-refractivity contribution is 8.01. The number of hydrogen-bond acceptors (Lipinski definition) is 4. The average Bonchev–Trinajstić information content (AvgIpc) is 2.88. The highest BCUT2D eigenvalue weighted by atomic mass is 32.2. The lowest BCUT2D eigenvalue weighted by Crippen LogP contribution is -2.48. The number of benzene rings is 3. The van der Waals surface area contributed by atoms with Crippen molar-refractivity contribution >= 4 is 23.5 Å². The summed E-state index contributed by atoms with van der Waals surface area (Å²) in [5.41, 5.74) is 1.83. The summed E-state index contributed by atoms with van der Waals surface area (Å²) >= 11 is 1.37. The fraction of sp³-hybridized carbons (Fsp3) is 0.310. The molecular formula is C29H28O3S. The molecule has 168 valence electrons. The third-order valence-corrected chi connectivity index (χ3v) is 8.21. The van der Waals surface area contributed by atoms with E-state index in [1.807, 2.05) is 72.8 Å². The lowest BCUT2D eigenvalue weighted by atomic mass is 9.80. The molecule has 3 nitrogen and oxygen atoms in total. The molecule has 0 aromatic heterocycles. The third kappa shape index (κ3) is 4.37. The van der Waals surface area contributed by atoms with Crippen LogP contribution in [0.5, 0.6) is 0 Å². The number of esters is 1. The minimum absolute atomic E-state index is 0.0811. The molecule has 1 aliphatic heterocycles. The maximum absolute atomic E-state index is 13.5. The van der Waals surface area contributed by atoms with Gasteiger partial charge in [0.1, 0.15) is 0 Å².